The van der Waals surface area contributed by atoms with Crippen LogP contribution in [0.25, 0.3) is 0 Å². The van der Waals surface area contributed by atoms with Gasteiger partial charge in [-0.1, -0.05) is 76.9 Å². The van der Waals surface area contributed by atoms with Gasteiger partial charge in [-0.15, -0.1) is 0 Å². The number of carboxylic acid groups (broad SMARTS) is 2. The van der Waals surface area contributed by atoms with E-state index in [2.05, 4.69) is 19.1 Å². The smallest absolute Gasteiger partial charge is 0.378 e. The molecular weight excluding hydrogens is 446 g/mol. The van der Waals surface area contributed by atoms with E-state index in [1.165, 1.54) is 57.8 Å². The van der Waals surface area contributed by atoms with Crippen LogP contribution >= 0.6 is 0 Å². The summed E-state index contributed by atoms with van der Waals surface area (Å²) in [6.07, 6.45) is 22.1. The molecule has 0 aliphatic rings. The normalized spacial score (nSPS) is 13.4. The third kappa shape index (κ3) is 11.9. The standard InChI is InChI=1S/C28H53NO6/c1-4-5-6-7-8-9-10-11-12-13-14-15-16-17-18-19-20-25(21-23-30)29(2,3)28(22-24-31,26(32)33)27(34)35/h11-12,25,30-31H,4-10,13-24H2,1-3H3,(H-,32,33,34,35)/p+1/b12-11-. The molecule has 0 aromatic rings. The third-order valence-corrected chi connectivity index (χ3v) is 7.59. The summed E-state index contributed by atoms with van der Waals surface area (Å²) in [5, 5.41) is 38.6. The van der Waals surface area contributed by atoms with Crippen molar-refractivity contribution in [2.45, 2.75) is 128 Å². The largest absolute Gasteiger partial charge is 0.476 e. The highest BCUT2D eigenvalue weighted by Gasteiger charge is 2.61. The number of quaternary nitrogens is 1. The Kier molecular flexibility index (Phi) is 18.9. The van der Waals surface area contributed by atoms with Crippen molar-refractivity contribution in [1.29, 1.82) is 0 Å². The first kappa shape index (κ1) is 33.6. The van der Waals surface area contributed by atoms with Gasteiger partial charge < -0.3 is 24.9 Å². The molecule has 0 amide bonds. The fourth-order valence-electron chi connectivity index (χ4n) is 5.13. The number of likely N-dealkylation sites (N-methyl/N-ethyl adjacent to an activating group) is 1. The van der Waals surface area contributed by atoms with Crippen molar-refractivity contribution in [3.8, 4) is 0 Å². The summed E-state index contributed by atoms with van der Waals surface area (Å²) in [4.78, 5) is 24.1. The average Bonchev–Trinajstić information content (AvgIpc) is 2.80. The number of carbonyl (C=O) groups is 2. The lowest BCUT2D eigenvalue weighted by atomic mass is 9.86. The molecule has 0 aromatic heterocycles. The quantitative estimate of drug-likeness (QED) is 0.0599. The number of aliphatic hydroxyl groups is 2. The van der Waals surface area contributed by atoms with Crippen LogP contribution in [-0.4, -0.2) is 75.7 Å². The van der Waals surface area contributed by atoms with Crippen LogP contribution < -0.4 is 0 Å². The zero-order valence-corrected chi connectivity index (χ0v) is 22.7. The number of allylic oxidation sites excluding steroid dienone is 2. The predicted octanol–water partition coefficient (Wildman–Crippen LogP) is 5.53. The lowest BCUT2D eigenvalue weighted by Gasteiger charge is -2.47. The Balaban J connectivity index is 4.32. The minimum atomic E-state index is -2.14. The second kappa shape index (κ2) is 19.7. The lowest BCUT2D eigenvalue weighted by Crippen LogP contribution is -2.72. The Morgan fingerprint density at radius 1 is 0.714 bits per heavy atom. The maximum Gasteiger partial charge on any atom is 0.378 e. The zero-order chi connectivity index (χ0) is 26.6. The number of aliphatic carboxylic acids is 2. The van der Waals surface area contributed by atoms with Crippen LogP contribution in [0.2, 0.25) is 0 Å². The van der Waals surface area contributed by atoms with Crippen molar-refractivity contribution in [3.63, 3.8) is 0 Å². The van der Waals surface area contributed by atoms with E-state index in [1.807, 2.05) is 0 Å². The fourth-order valence-corrected chi connectivity index (χ4v) is 5.13. The monoisotopic (exact) mass is 500 g/mol. The molecule has 0 heterocycles. The highest BCUT2D eigenvalue weighted by molar-refractivity contribution is 6.01. The number of nitrogens with zero attached hydrogens (tertiary/aromatic N) is 1. The zero-order valence-electron chi connectivity index (χ0n) is 22.7. The van der Waals surface area contributed by atoms with Crippen molar-refractivity contribution in [2.75, 3.05) is 27.3 Å². The van der Waals surface area contributed by atoms with E-state index in [9.17, 15) is 30.0 Å². The van der Waals surface area contributed by atoms with Gasteiger partial charge in [-0.2, -0.15) is 0 Å². The molecule has 0 aromatic carbocycles. The van der Waals surface area contributed by atoms with Crippen LogP contribution in [0.1, 0.15) is 116 Å². The second-order valence-electron chi connectivity index (χ2n) is 10.4. The molecule has 0 rings (SSSR count). The Labute approximate surface area is 213 Å². The van der Waals surface area contributed by atoms with Crippen LogP contribution in [0, 0.1) is 0 Å². The number of rotatable bonds is 24. The fraction of sp³-hybridized carbons (Fsp3) is 0.857. The Morgan fingerprint density at radius 2 is 1.17 bits per heavy atom. The van der Waals surface area contributed by atoms with Crippen molar-refractivity contribution in [2.24, 2.45) is 0 Å². The van der Waals surface area contributed by atoms with Crippen LogP contribution in [0.5, 0.6) is 0 Å². The van der Waals surface area contributed by atoms with E-state index in [-0.39, 0.29) is 23.6 Å². The predicted molar refractivity (Wildman–Crippen MR) is 141 cm³/mol. The van der Waals surface area contributed by atoms with Crippen molar-refractivity contribution in [1.82, 2.24) is 0 Å². The van der Waals surface area contributed by atoms with Crippen molar-refractivity contribution < 1.29 is 34.5 Å². The van der Waals surface area contributed by atoms with Gasteiger partial charge in [0, 0.05) is 19.4 Å². The number of aliphatic hydroxyl groups excluding tert-OH is 2. The highest BCUT2D eigenvalue weighted by atomic mass is 16.4. The summed E-state index contributed by atoms with van der Waals surface area (Å²) in [7, 11) is 3.19. The van der Waals surface area contributed by atoms with Gasteiger partial charge in [-0.05, 0) is 38.5 Å². The molecule has 0 radical (unpaired) electrons. The maximum absolute atomic E-state index is 12.1. The molecule has 0 spiro atoms. The topological polar surface area (TPSA) is 115 Å². The summed E-state index contributed by atoms with van der Waals surface area (Å²) >= 11 is 0. The molecule has 0 aliphatic carbocycles. The van der Waals surface area contributed by atoms with E-state index in [4.69, 9.17) is 0 Å². The van der Waals surface area contributed by atoms with E-state index in [1.54, 1.807) is 14.1 Å². The number of hydrogen-bond acceptors (Lipinski definition) is 4. The van der Waals surface area contributed by atoms with Gasteiger partial charge in [0.15, 0.2) is 0 Å². The molecule has 35 heavy (non-hydrogen) atoms. The maximum atomic E-state index is 12.1. The first-order valence-corrected chi connectivity index (χ1v) is 13.9. The SMILES string of the molecule is CCCCCCCC/C=C\CCCCCCCCC(CCO)[N+](C)(C)C(CCO)(C(=O)O)C(=O)O. The number of hydrogen-bond donors (Lipinski definition) is 4. The molecule has 0 bridgehead atoms. The molecule has 206 valence electrons. The van der Waals surface area contributed by atoms with Crippen LogP contribution in [0.4, 0.5) is 0 Å². The van der Waals surface area contributed by atoms with Crippen LogP contribution in [-0.2, 0) is 9.59 Å². The minimum absolute atomic E-state index is 0.132. The summed E-state index contributed by atoms with van der Waals surface area (Å²) in [6.45, 7) is 1.59. The van der Waals surface area contributed by atoms with Crippen molar-refractivity contribution in [3.05, 3.63) is 12.2 Å². The molecule has 4 N–H and O–H groups in total. The highest BCUT2D eigenvalue weighted by Crippen LogP contribution is 2.33. The third-order valence-electron chi connectivity index (χ3n) is 7.59. The number of carboxylic acids is 2. The van der Waals surface area contributed by atoms with Gasteiger partial charge >= 0.3 is 11.9 Å². The van der Waals surface area contributed by atoms with E-state index < -0.39 is 24.1 Å². The van der Waals surface area contributed by atoms with Gasteiger partial charge in [0.1, 0.15) is 0 Å². The molecule has 7 nitrogen and oxygen atoms in total. The molecular formula is C28H54NO6+. The minimum Gasteiger partial charge on any atom is -0.476 e. The van der Waals surface area contributed by atoms with E-state index in [0.717, 1.165) is 32.1 Å². The molecule has 0 fully saturated rings. The molecule has 0 saturated heterocycles. The van der Waals surface area contributed by atoms with Gasteiger partial charge in [0.25, 0.3) is 5.54 Å². The molecule has 0 aliphatic heterocycles. The van der Waals surface area contributed by atoms with Gasteiger partial charge in [0.05, 0.1) is 26.7 Å². The molecule has 7 heteroatoms. The average molecular weight is 501 g/mol. The van der Waals surface area contributed by atoms with Gasteiger partial charge in [-0.3, -0.25) is 0 Å². The summed E-state index contributed by atoms with van der Waals surface area (Å²) in [5.74, 6) is -2.90. The van der Waals surface area contributed by atoms with E-state index >= 15 is 0 Å². The van der Waals surface area contributed by atoms with Crippen LogP contribution in [0.3, 0.4) is 0 Å². The van der Waals surface area contributed by atoms with Crippen molar-refractivity contribution >= 4 is 11.9 Å². The molecule has 1 atom stereocenters. The Hall–Kier alpha value is -1.44. The second-order valence-corrected chi connectivity index (χ2v) is 10.4. The van der Waals surface area contributed by atoms with Crippen LogP contribution in [0.15, 0.2) is 12.2 Å². The summed E-state index contributed by atoms with van der Waals surface area (Å²) in [6, 6.07) is -0.324. The lowest BCUT2D eigenvalue weighted by molar-refractivity contribution is -0.947. The van der Waals surface area contributed by atoms with Gasteiger partial charge in [0.2, 0.25) is 0 Å². The number of unbranched alkanes of at least 4 members (excludes halogenated alkanes) is 12. The van der Waals surface area contributed by atoms with Gasteiger partial charge in [-0.25, -0.2) is 9.59 Å². The van der Waals surface area contributed by atoms with E-state index in [0.29, 0.717) is 12.8 Å². The summed E-state index contributed by atoms with van der Waals surface area (Å²) < 4.78 is -0.302. The molecule has 0 saturated carbocycles. The summed E-state index contributed by atoms with van der Waals surface area (Å²) in [5.41, 5.74) is -2.14. The molecule has 1 unspecified atom stereocenters. The first-order valence-electron chi connectivity index (χ1n) is 13.9. The Bertz CT molecular complexity index is 576. The Morgan fingerprint density at radius 3 is 1.60 bits per heavy atom. The first-order chi connectivity index (χ1) is 16.7.